The van der Waals surface area contributed by atoms with Crippen LogP contribution in [0.2, 0.25) is 5.02 Å². The third-order valence-corrected chi connectivity index (χ3v) is 5.43. The number of rotatable bonds is 3. The maximum atomic E-state index is 12.4. The molecule has 0 saturated carbocycles. The van der Waals surface area contributed by atoms with Crippen molar-refractivity contribution in [1.82, 2.24) is 4.72 Å². The molecule has 3 rings (SSSR count). The van der Waals surface area contributed by atoms with E-state index < -0.39 is 27.5 Å². The lowest BCUT2D eigenvalue weighted by Gasteiger charge is -2.29. The van der Waals surface area contributed by atoms with Crippen LogP contribution in [0.3, 0.4) is 0 Å². The van der Waals surface area contributed by atoms with Crippen LogP contribution in [-0.4, -0.2) is 17.2 Å². The average Bonchev–Trinajstić information content (AvgIpc) is 2.48. The first kappa shape index (κ1) is 16.2. The first-order chi connectivity index (χ1) is 10.9. The second-order valence-corrected chi connectivity index (χ2v) is 7.58. The second-order valence-electron chi connectivity index (χ2n) is 4.79. The summed E-state index contributed by atoms with van der Waals surface area (Å²) in [6.45, 7) is 0. The van der Waals surface area contributed by atoms with Gasteiger partial charge in [-0.15, -0.1) is 0 Å². The van der Waals surface area contributed by atoms with E-state index in [0.29, 0.717) is 5.69 Å². The smallest absolute Gasteiger partial charge is 0.259 e. The molecule has 1 aliphatic rings. The molecule has 0 aliphatic carbocycles. The van der Waals surface area contributed by atoms with Gasteiger partial charge in [-0.25, -0.2) is 12.6 Å². The van der Waals surface area contributed by atoms with E-state index in [0.717, 1.165) is 5.56 Å². The van der Waals surface area contributed by atoms with Crippen LogP contribution in [-0.2, 0) is 21.3 Å². The van der Waals surface area contributed by atoms with Crippen molar-refractivity contribution in [1.29, 1.82) is 0 Å². The predicted molar refractivity (Wildman–Crippen MR) is 89.0 cm³/mol. The summed E-state index contributed by atoms with van der Waals surface area (Å²) in [6, 6.07) is 11.6. The van der Waals surface area contributed by atoms with Crippen molar-refractivity contribution in [2.24, 2.45) is 0 Å². The topological polar surface area (TPSA) is 108 Å². The van der Waals surface area contributed by atoms with Crippen LogP contribution in [0.4, 0.5) is 11.4 Å². The summed E-state index contributed by atoms with van der Waals surface area (Å²) in [5.74, 6) is 0. The highest BCUT2D eigenvalue weighted by Crippen LogP contribution is 2.37. The molecule has 10 heteroatoms. The van der Waals surface area contributed by atoms with Gasteiger partial charge in [0, 0.05) is 0 Å². The minimum absolute atomic E-state index is 0.0524. The fourth-order valence-corrected chi connectivity index (χ4v) is 4.20. The van der Waals surface area contributed by atoms with Crippen molar-refractivity contribution in [3.63, 3.8) is 0 Å². The van der Waals surface area contributed by atoms with Crippen LogP contribution in [0.1, 0.15) is 11.7 Å². The highest BCUT2D eigenvalue weighted by molar-refractivity contribution is 7.89. The Morgan fingerprint density at radius 2 is 1.91 bits per heavy atom. The normalized spacial score (nSPS) is 20.2. The lowest BCUT2D eigenvalue weighted by atomic mass is 10.1. The standard InChI is InChI=1S/C13H12ClN3O4S2/c14-9-6-11-12(7-10(9)16-22(18)19)23(20,21)17-13(15-11)8-4-2-1-3-5-8/h1-7,13,15-17H,(H,18,19). The highest BCUT2D eigenvalue weighted by atomic mass is 35.5. The van der Waals surface area contributed by atoms with Crippen LogP contribution in [0.15, 0.2) is 47.4 Å². The molecule has 0 amide bonds. The summed E-state index contributed by atoms with van der Waals surface area (Å²) >= 11 is 3.67. The van der Waals surface area contributed by atoms with E-state index in [9.17, 15) is 12.6 Å². The van der Waals surface area contributed by atoms with Gasteiger partial charge in [0.15, 0.2) is 0 Å². The molecule has 0 bridgehead atoms. The zero-order valence-electron chi connectivity index (χ0n) is 11.5. The average molecular weight is 374 g/mol. The SMILES string of the molecule is O=S(O)Nc1cc2c(cc1Cl)NC(c1ccccc1)NS2(=O)=O. The minimum atomic E-state index is -3.81. The molecule has 2 aromatic carbocycles. The van der Waals surface area contributed by atoms with Crippen LogP contribution in [0.5, 0.6) is 0 Å². The number of anilines is 2. The molecule has 2 aromatic rings. The van der Waals surface area contributed by atoms with Gasteiger partial charge in [-0.1, -0.05) is 41.9 Å². The van der Waals surface area contributed by atoms with Gasteiger partial charge in [0.25, 0.3) is 11.3 Å². The Labute approximate surface area is 140 Å². The fourth-order valence-electron chi connectivity index (χ4n) is 2.26. The third-order valence-electron chi connectivity index (χ3n) is 3.26. The van der Waals surface area contributed by atoms with Gasteiger partial charge in [0.1, 0.15) is 11.1 Å². The first-order valence-corrected chi connectivity index (χ1v) is 9.38. The van der Waals surface area contributed by atoms with Crippen molar-refractivity contribution in [3.05, 3.63) is 53.1 Å². The van der Waals surface area contributed by atoms with Crippen LogP contribution in [0, 0.1) is 0 Å². The van der Waals surface area contributed by atoms with Gasteiger partial charge in [-0.05, 0) is 17.7 Å². The molecule has 122 valence electrons. The molecule has 23 heavy (non-hydrogen) atoms. The summed E-state index contributed by atoms with van der Waals surface area (Å²) in [5.41, 5.74) is 1.12. The Hall–Kier alpha value is -1.65. The summed E-state index contributed by atoms with van der Waals surface area (Å²) in [7, 11) is -3.81. The molecular formula is C13H12ClN3O4S2. The molecule has 4 N–H and O–H groups in total. The Balaban J connectivity index is 2.05. The maximum absolute atomic E-state index is 12.4. The number of hydrogen-bond donors (Lipinski definition) is 4. The zero-order chi connectivity index (χ0) is 16.6. The van der Waals surface area contributed by atoms with E-state index >= 15 is 0 Å². The van der Waals surface area contributed by atoms with Gasteiger partial charge in [-0.2, -0.15) is 4.72 Å². The second kappa shape index (κ2) is 6.10. The molecular weight excluding hydrogens is 362 g/mol. The van der Waals surface area contributed by atoms with Gasteiger partial charge < -0.3 is 5.32 Å². The van der Waals surface area contributed by atoms with Gasteiger partial charge in [0.05, 0.1) is 16.4 Å². The molecule has 7 nitrogen and oxygen atoms in total. The molecule has 2 unspecified atom stereocenters. The molecule has 1 heterocycles. The van der Waals surface area contributed by atoms with E-state index in [1.807, 2.05) is 6.07 Å². The lowest BCUT2D eigenvalue weighted by molar-refractivity contribution is 0.562. The van der Waals surface area contributed by atoms with E-state index in [4.69, 9.17) is 16.2 Å². The van der Waals surface area contributed by atoms with E-state index in [2.05, 4.69) is 14.8 Å². The third kappa shape index (κ3) is 3.33. The molecule has 0 fully saturated rings. The van der Waals surface area contributed by atoms with Crippen molar-refractivity contribution in [2.45, 2.75) is 11.1 Å². The number of sulfonamides is 1. The van der Waals surface area contributed by atoms with Crippen molar-refractivity contribution in [3.8, 4) is 0 Å². The minimum Gasteiger partial charge on any atom is -0.364 e. The van der Waals surface area contributed by atoms with Crippen molar-refractivity contribution < 1.29 is 17.2 Å². The molecule has 0 saturated heterocycles. The summed E-state index contributed by atoms with van der Waals surface area (Å²) in [6.07, 6.45) is -0.629. The van der Waals surface area contributed by atoms with E-state index in [-0.39, 0.29) is 15.6 Å². The van der Waals surface area contributed by atoms with Gasteiger partial charge in [0.2, 0.25) is 10.0 Å². The Morgan fingerprint density at radius 1 is 1.22 bits per heavy atom. The van der Waals surface area contributed by atoms with Crippen LogP contribution in [0.25, 0.3) is 0 Å². The maximum Gasteiger partial charge on any atom is 0.259 e. The van der Waals surface area contributed by atoms with Gasteiger partial charge >= 0.3 is 0 Å². The summed E-state index contributed by atoms with van der Waals surface area (Å²) < 4.78 is 49.3. The summed E-state index contributed by atoms with van der Waals surface area (Å²) in [4.78, 5) is -0.0537. The van der Waals surface area contributed by atoms with Crippen LogP contribution < -0.4 is 14.8 Å². The fraction of sp³-hybridized carbons (Fsp3) is 0.0769. The van der Waals surface area contributed by atoms with Crippen molar-refractivity contribution in [2.75, 3.05) is 10.0 Å². The molecule has 0 radical (unpaired) electrons. The quantitative estimate of drug-likeness (QED) is 0.617. The van der Waals surface area contributed by atoms with Crippen molar-refractivity contribution >= 4 is 44.3 Å². The van der Waals surface area contributed by atoms with E-state index in [1.54, 1.807) is 24.3 Å². The molecule has 0 aromatic heterocycles. The Kier molecular flexibility index (Phi) is 4.30. The summed E-state index contributed by atoms with van der Waals surface area (Å²) in [5, 5.41) is 3.18. The van der Waals surface area contributed by atoms with Gasteiger partial charge in [-0.3, -0.25) is 9.27 Å². The molecule has 2 atom stereocenters. The number of hydrogen-bond acceptors (Lipinski definition) is 4. The number of nitrogens with one attached hydrogen (secondary N) is 3. The van der Waals surface area contributed by atoms with Crippen LogP contribution >= 0.6 is 11.6 Å². The number of benzene rings is 2. The van der Waals surface area contributed by atoms with E-state index in [1.165, 1.54) is 12.1 Å². The Bertz CT molecular complexity index is 874. The highest BCUT2D eigenvalue weighted by Gasteiger charge is 2.31. The molecule has 1 aliphatic heterocycles. The number of halogens is 1. The zero-order valence-corrected chi connectivity index (χ0v) is 13.9. The monoisotopic (exact) mass is 373 g/mol. The predicted octanol–water partition coefficient (Wildman–Crippen LogP) is 2.29. The largest absolute Gasteiger partial charge is 0.364 e. The molecule has 0 spiro atoms. The Morgan fingerprint density at radius 3 is 2.57 bits per heavy atom. The lowest BCUT2D eigenvalue weighted by Crippen LogP contribution is -2.38. The first-order valence-electron chi connectivity index (χ1n) is 6.42. The number of fused-ring (bicyclic) bond motifs is 1.